The molecule has 4 heteroatoms. The first-order valence-corrected chi connectivity index (χ1v) is 7.26. The molecule has 0 atom stereocenters. The minimum atomic E-state index is -3.47. The van der Waals surface area contributed by atoms with Gasteiger partial charge in [0.25, 0.3) is 0 Å². The van der Waals surface area contributed by atoms with Gasteiger partial charge in [0.2, 0.25) is 9.84 Å². The van der Waals surface area contributed by atoms with Crippen molar-refractivity contribution in [3.63, 3.8) is 0 Å². The largest absolute Gasteiger partial charge is 0.219 e. The van der Waals surface area contributed by atoms with Crippen LogP contribution >= 0.6 is 15.9 Å². The summed E-state index contributed by atoms with van der Waals surface area (Å²) in [4.78, 5) is 0.453. The summed E-state index contributed by atoms with van der Waals surface area (Å²) in [6, 6.07) is 6.52. The minimum Gasteiger partial charge on any atom is -0.219 e. The van der Waals surface area contributed by atoms with Gasteiger partial charge in [0.1, 0.15) is 0 Å². The molecule has 1 rings (SSSR count). The van der Waals surface area contributed by atoms with E-state index in [1.165, 1.54) is 12.2 Å². The Bertz CT molecular complexity index is 552. The third kappa shape index (κ3) is 3.41. The van der Waals surface area contributed by atoms with Gasteiger partial charge in [0, 0.05) is 4.47 Å². The maximum Gasteiger partial charge on any atom is 0.206 e. The molecule has 1 aromatic carbocycles. The van der Waals surface area contributed by atoms with E-state index in [0.717, 1.165) is 4.47 Å². The maximum atomic E-state index is 12.2. The van der Waals surface area contributed by atoms with Gasteiger partial charge in [-0.1, -0.05) is 40.7 Å². The van der Waals surface area contributed by atoms with Crippen LogP contribution in [0, 0.1) is 0 Å². The smallest absolute Gasteiger partial charge is 0.206 e. The Kier molecular flexibility index (Phi) is 4.90. The predicted octanol–water partition coefficient (Wildman–Crippen LogP) is 3.87. The van der Waals surface area contributed by atoms with E-state index in [0.29, 0.717) is 0 Å². The van der Waals surface area contributed by atoms with Gasteiger partial charge in [-0.2, -0.15) is 0 Å². The van der Waals surface area contributed by atoms with Gasteiger partial charge < -0.3 is 0 Å². The topological polar surface area (TPSA) is 34.1 Å². The molecule has 0 aliphatic rings. The average Bonchev–Trinajstić information content (AvgIpc) is 2.30. The van der Waals surface area contributed by atoms with E-state index in [-0.39, 0.29) is 9.80 Å². The second kappa shape index (κ2) is 5.98. The van der Waals surface area contributed by atoms with Crippen molar-refractivity contribution < 1.29 is 8.42 Å². The fourth-order valence-corrected chi connectivity index (χ4v) is 2.72. The fraction of sp³-hybridized carbons (Fsp3) is 0.0769. The molecule has 0 bridgehead atoms. The summed E-state index contributed by atoms with van der Waals surface area (Å²) < 4.78 is 25.2. The van der Waals surface area contributed by atoms with E-state index in [4.69, 9.17) is 0 Å². The molecule has 1 aromatic rings. The first-order chi connectivity index (χ1) is 8.02. The summed E-state index contributed by atoms with van der Waals surface area (Å²) in [5.41, 5.74) is 0. The monoisotopic (exact) mass is 312 g/mol. The van der Waals surface area contributed by atoms with E-state index >= 15 is 0 Å². The molecular weight excluding hydrogens is 300 g/mol. The zero-order chi connectivity index (χ0) is 12.9. The van der Waals surface area contributed by atoms with Gasteiger partial charge in [-0.05, 0) is 37.3 Å². The molecule has 0 fully saturated rings. The van der Waals surface area contributed by atoms with E-state index in [9.17, 15) is 8.42 Å². The second-order valence-electron chi connectivity index (χ2n) is 3.26. The van der Waals surface area contributed by atoms with Crippen molar-refractivity contribution >= 4 is 25.8 Å². The van der Waals surface area contributed by atoms with Crippen molar-refractivity contribution in [2.75, 3.05) is 0 Å². The van der Waals surface area contributed by atoms with Gasteiger partial charge in [-0.15, -0.1) is 0 Å². The molecule has 0 aliphatic heterocycles. The number of rotatable bonds is 4. The molecule has 0 amide bonds. The Balaban J connectivity index is 3.27. The van der Waals surface area contributed by atoms with Crippen molar-refractivity contribution in [2.24, 2.45) is 0 Å². The lowest BCUT2D eigenvalue weighted by Crippen LogP contribution is -2.02. The van der Waals surface area contributed by atoms with Crippen LogP contribution in [-0.4, -0.2) is 8.42 Å². The van der Waals surface area contributed by atoms with Gasteiger partial charge in [0.15, 0.2) is 0 Å². The predicted molar refractivity (Wildman–Crippen MR) is 74.4 cm³/mol. The molecule has 0 radical (unpaired) electrons. The molecule has 0 N–H and O–H groups in total. The highest BCUT2D eigenvalue weighted by molar-refractivity contribution is 9.10. The van der Waals surface area contributed by atoms with Gasteiger partial charge in [0.05, 0.1) is 9.80 Å². The standard InChI is InChI=1S/C13H13BrO2S/c1-3-5-6-12(4-2)17(15,16)13-9-7-11(14)8-10-13/h3-10H,2H2,1H3/b5-3-,12-6+. The highest BCUT2D eigenvalue weighted by Crippen LogP contribution is 2.22. The van der Waals surface area contributed by atoms with Crippen LogP contribution in [0.25, 0.3) is 0 Å². The number of sulfone groups is 1. The van der Waals surface area contributed by atoms with Gasteiger partial charge >= 0.3 is 0 Å². The molecule has 0 saturated heterocycles. The van der Waals surface area contributed by atoms with E-state index in [1.807, 2.05) is 6.92 Å². The Morgan fingerprint density at radius 3 is 2.35 bits per heavy atom. The van der Waals surface area contributed by atoms with Crippen molar-refractivity contribution in [3.05, 3.63) is 64.5 Å². The van der Waals surface area contributed by atoms with Crippen molar-refractivity contribution in [1.29, 1.82) is 0 Å². The summed E-state index contributed by atoms with van der Waals surface area (Å²) in [5.74, 6) is 0. The molecule has 0 unspecified atom stereocenters. The summed E-state index contributed by atoms with van der Waals surface area (Å²) >= 11 is 3.27. The van der Waals surface area contributed by atoms with E-state index in [1.54, 1.807) is 36.4 Å². The fourth-order valence-electron chi connectivity index (χ4n) is 1.21. The zero-order valence-electron chi connectivity index (χ0n) is 9.43. The Hall–Kier alpha value is -1.13. The number of halogens is 1. The van der Waals surface area contributed by atoms with E-state index < -0.39 is 9.84 Å². The number of allylic oxidation sites excluding steroid dienone is 4. The molecule has 2 nitrogen and oxygen atoms in total. The van der Waals surface area contributed by atoms with Crippen LogP contribution in [0.4, 0.5) is 0 Å². The second-order valence-corrected chi connectivity index (χ2v) is 6.12. The zero-order valence-corrected chi connectivity index (χ0v) is 11.8. The summed E-state index contributed by atoms with van der Waals surface area (Å²) in [5, 5.41) is 0. The lowest BCUT2D eigenvalue weighted by Gasteiger charge is -2.04. The van der Waals surface area contributed by atoms with Crippen LogP contribution in [0.15, 0.2) is 69.4 Å². The summed E-state index contributed by atoms with van der Waals surface area (Å²) in [7, 11) is -3.47. The van der Waals surface area contributed by atoms with Gasteiger partial charge in [-0.3, -0.25) is 0 Å². The quantitative estimate of drug-likeness (QED) is 0.791. The maximum absolute atomic E-state index is 12.2. The number of hydrogen-bond acceptors (Lipinski definition) is 2. The van der Waals surface area contributed by atoms with Crippen LogP contribution < -0.4 is 0 Å². The highest BCUT2D eigenvalue weighted by Gasteiger charge is 2.17. The first-order valence-electron chi connectivity index (χ1n) is 4.98. The van der Waals surface area contributed by atoms with E-state index in [2.05, 4.69) is 22.5 Å². The molecule has 90 valence electrons. The number of benzene rings is 1. The van der Waals surface area contributed by atoms with Crippen LogP contribution in [0.1, 0.15) is 6.92 Å². The lowest BCUT2D eigenvalue weighted by atomic mass is 10.4. The van der Waals surface area contributed by atoms with Crippen LogP contribution in [0.2, 0.25) is 0 Å². The highest BCUT2D eigenvalue weighted by atomic mass is 79.9. The molecule has 0 saturated carbocycles. The average molecular weight is 313 g/mol. The molecule has 0 spiro atoms. The summed E-state index contributed by atoms with van der Waals surface area (Å²) in [6.07, 6.45) is 6.32. The Morgan fingerprint density at radius 1 is 1.29 bits per heavy atom. The normalized spacial score (nSPS) is 12.9. The first kappa shape index (κ1) is 13.9. The van der Waals surface area contributed by atoms with Crippen molar-refractivity contribution in [3.8, 4) is 0 Å². The van der Waals surface area contributed by atoms with Crippen LogP contribution in [0.3, 0.4) is 0 Å². The SMILES string of the molecule is C=C/C(=C\C=C/C)S(=O)(=O)c1ccc(Br)cc1. The molecular formula is C13H13BrO2S. The molecule has 17 heavy (non-hydrogen) atoms. The Labute approximate surface area is 110 Å². The van der Waals surface area contributed by atoms with Crippen molar-refractivity contribution in [1.82, 2.24) is 0 Å². The lowest BCUT2D eigenvalue weighted by molar-refractivity contribution is 0.603. The Morgan fingerprint density at radius 2 is 1.88 bits per heavy atom. The van der Waals surface area contributed by atoms with Crippen molar-refractivity contribution in [2.45, 2.75) is 11.8 Å². The third-order valence-corrected chi connectivity index (χ3v) is 4.43. The van der Waals surface area contributed by atoms with Crippen LogP contribution in [0.5, 0.6) is 0 Å². The molecule has 0 heterocycles. The van der Waals surface area contributed by atoms with Gasteiger partial charge in [-0.25, -0.2) is 8.42 Å². The summed E-state index contributed by atoms with van der Waals surface area (Å²) in [6.45, 7) is 5.36. The third-order valence-electron chi connectivity index (χ3n) is 2.09. The molecule has 0 aliphatic carbocycles. The number of hydrogen-bond donors (Lipinski definition) is 0. The minimum absolute atomic E-state index is 0.193. The van der Waals surface area contributed by atoms with Crippen LogP contribution in [-0.2, 0) is 9.84 Å². The molecule has 0 aromatic heterocycles.